The zero-order valence-electron chi connectivity index (χ0n) is 18.9. The van der Waals surface area contributed by atoms with Crippen LogP contribution in [0.5, 0.6) is 0 Å². The van der Waals surface area contributed by atoms with E-state index in [4.69, 9.17) is 0 Å². The second-order valence-electron chi connectivity index (χ2n) is 8.75. The smallest absolute Gasteiger partial charge is 0.434 e. The Labute approximate surface area is 204 Å². The number of ether oxygens (including phenoxy) is 1. The van der Waals surface area contributed by atoms with Gasteiger partial charge in [-0.25, -0.2) is 4.79 Å². The number of nitrogens with one attached hydrogen (secondary N) is 1. The lowest BCUT2D eigenvalue weighted by Crippen LogP contribution is -2.52. The first-order valence-electron chi connectivity index (χ1n) is 10.9. The van der Waals surface area contributed by atoms with E-state index in [9.17, 15) is 54.2 Å². The van der Waals surface area contributed by atoms with Crippen LogP contribution in [0.4, 0.5) is 44.3 Å². The average Bonchev–Trinajstić information content (AvgIpc) is 3.26. The van der Waals surface area contributed by atoms with Crippen molar-refractivity contribution in [3.63, 3.8) is 0 Å². The SMILES string of the molecule is O=C(O)C1CC(c2cc(C(F)(F)F)ccc2CN2CCN(C(=O)OC(C(F)(F)F)C(F)(F)F)CC2)CN1. The lowest BCUT2D eigenvalue weighted by molar-refractivity contribution is -0.308. The van der Waals surface area contributed by atoms with Gasteiger partial charge in [0.1, 0.15) is 6.04 Å². The lowest BCUT2D eigenvalue weighted by atomic mass is 9.90. The summed E-state index contributed by atoms with van der Waals surface area (Å²) in [7, 11) is 0. The van der Waals surface area contributed by atoms with Crippen LogP contribution in [0.3, 0.4) is 0 Å². The largest absolute Gasteiger partial charge is 0.480 e. The maximum atomic E-state index is 13.3. The first-order valence-corrected chi connectivity index (χ1v) is 10.9. The molecule has 2 fully saturated rings. The van der Waals surface area contributed by atoms with Crippen molar-refractivity contribution < 1.29 is 58.9 Å². The first-order chi connectivity index (χ1) is 17.0. The van der Waals surface area contributed by atoms with E-state index in [1.165, 1.54) is 6.07 Å². The lowest BCUT2D eigenvalue weighted by Gasteiger charge is -2.35. The minimum atomic E-state index is -5.84. The molecule has 0 aliphatic carbocycles. The number of carboxylic acid groups (broad SMARTS) is 1. The maximum absolute atomic E-state index is 13.3. The van der Waals surface area contributed by atoms with Crippen LogP contribution in [0.15, 0.2) is 18.2 Å². The molecule has 2 N–H and O–H groups in total. The molecule has 3 rings (SSSR count). The Morgan fingerprint density at radius 1 is 1.00 bits per heavy atom. The number of carbonyl (C=O) groups is 2. The molecule has 0 saturated carbocycles. The molecule has 2 unspecified atom stereocenters. The summed E-state index contributed by atoms with van der Waals surface area (Å²) in [4.78, 5) is 25.5. The van der Waals surface area contributed by atoms with Crippen molar-refractivity contribution in [3.05, 3.63) is 34.9 Å². The molecule has 2 atom stereocenters. The number of hydrogen-bond acceptors (Lipinski definition) is 5. The number of carbonyl (C=O) groups excluding carboxylic acids is 1. The number of alkyl halides is 9. The van der Waals surface area contributed by atoms with Crippen molar-refractivity contribution in [2.24, 2.45) is 0 Å². The standard InChI is InChI=1S/C21H22F9N3O4/c22-19(23,24)13-2-1-11(14(8-13)12-7-15(16(34)35)31-9-12)10-32-3-5-33(6-4-32)18(36)37-17(20(25,26)27)21(28,29)30/h1-2,8,12,15,17,31H,3-7,9-10H2,(H,34,35). The third-order valence-electron chi connectivity index (χ3n) is 6.18. The topological polar surface area (TPSA) is 82.1 Å². The average molecular weight is 551 g/mol. The molecule has 1 aromatic carbocycles. The highest BCUT2D eigenvalue weighted by atomic mass is 19.4. The molecule has 2 saturated heterocycles. The summed E-state index contributed by atoms with van der Waals surface area (Å²) in [5.41, 5.74) is -0.177. The third-order valence-corrected chi connectivity index (χ3v) is 6.18. The van der Waals surface area contributed by atoms with E-state index in [0.29, 0.717) is 10.5 Å². The van der Waals surface area contributed by atoms with Crippen LogP contribution >= 0.6 is 0 Å². The van der Waals surface area contributed by atoms with Crippen molar-refractivity contribution in [1.29, 1.82) is 0 Å². The number of benzene rings is 1. The highest BCUT2D eigenvalue weighted by Gasteiger charge is 2.60. The Hall–Kier alpha value is -2.75. The monoisotopic (exact) mass is 551 g/mol. The van der Waals surface area contributed by atoms with Crippen molar-refractivity contribution in [3.8, 4) is 0 Å². The zero-order chi connectivity index (χ0) is 27.8. The molecule has 37 heavy (non-hydrogen) atoms. The van der Waals surface area contributed by atoms with E-state index in [-0.39, 0.29) is 51.3 Å². The maximum Gasteiger partial charge on any atom is 0.434 e. The molecular formula is C21H22F9N3O4. The molecule has 0 radical (unpaired) electrons. The predicted molar refractivity (Wildman–Crippen MR) is 107 cm³/mol. The molecule has 1 aromatic rings. The number of nitrogens with zero attached hydrogens (tertiary/aromatic N) is 2. The van der Waals surface area contributed by atoms with Crippen LogP contribution in [0.25, 0.3) is 0 Å². The Kier molecular flexibility index (Phi) is 8.22. The van der Waals surface area contributed by atoms with Crippen molar-refractivity contribution in [1.82, 2.24) is 15.1 Å². The molecule has 0 aromatic heterocycles. The summed E-state index contributed by atoms with van der Waals surface area (Å²) in [5, 5.41) is 11.9. The van der Waals surface area contributed by atoms with Gasteiger partial charge in [0.2, 0.25) is 0 Å². The van der Waals surface area contributed by atoms with Crippen LogP contribution in [0.2, 0.25) is 0 Å². The van der Waals surface area contributed by atoms with E-state index in [0.717, 1.165) is 12.1 Å². The highest BCUT2D eigenvalue weighted by Crippen LogP contribution is 2.37. The fourth-order valence-corrected chi connectivity index (χ4v) is 4.28. The summed E-state index contributed by atoms with van der Waals surface area (Å²) in [6.45, 7) is -0.354. The molecular weight excluding hydrogens is 529 g/mol. The minimum absolute atomic E-state index is 0.00106. The molecule has 0 spiro atoms. The summed E-state index contributed by atoms with van der Waals surface area (Å²) >= 11 is 0. The number of halogens is 9. The summed E-state index contributed by atoms with van der Waals surface area (Å²) in [6.07, 6.45) is -22.3. The van der Waals surface area contributed by atoms with Gasteiger partial charge in [0.15, 0.2) is 0 Å². The number of piperazine rings is 1. The normalized spacial score (nSPS) is 21.9. The molecule has 2 heterocycles. The van der Waals surface area contributed by atoms with Crippen molar-refractivity contribution >= 4 is 12.1 Å². The van der Waals surface area contributed by atoms with E-state index in [2.05, 4.69) is 10.1 Å². The van der Waals surface area contributed by atoms with E-state index in [1.807, 2.05) is 0 Å². The summed E-state index contributed by atoms with van der Waals surface area (Å²) in [5.74, 6) is -1.67. The Morgan fingerprint density at radius 2 is 1.59 bits per heavy atom. The van der Waals surface area contributed by atoms with E-state index >= 15 is 0 Å². The van der Waals surface area contributed by atoms with Gasteiger partial charge in [-0.2, -0.15) is 39.5 Å². The second kappa shape index (κ2) is 10.6. The van der Waals surface area contributed by atoms with E-state index in [1.54, 1.807) is 4.90 Å². The van der Waals surface area contributed by atoms with Crippen molar-refractivity contribution in [2.45, 2.75) is 49.6 Å². The molecule has 2 aliphatic heterocycles. The van der Waals surface area contributed by atoms with Gasteiger partial charge in [0, 0.05) is 39.3 Å². The van der Waals surface area contributed by atoms with Gasteiger partial charge in [0.05, 0.1) is 5.56 Å². The molecule has 16 heteroatoms. The van der Waals surface area contributed by atoms with Crippen LogP contribution in [-0.4, -0.2) is 84.2 Å². The molecule has 0 bridgehead atoms. The number of rotatable bonds is 5. The fraction of sp³-hybridized carbons (Fsp3) is 0.619. The Balaban J connectivity index is 1.68. The van der Waals surface area contributed by atoms with Crippen molar-refractivity contribution in [2.75, 3.05) is 32.7 Å². The van der Waals surface area contributed by atoms with Crippen LogP contribution < -0.4 is 5.32 Å². The number of amides is 1. The van der Waals surface area contributed by atoms with Gasteiger partial charge in [0.25, 0.3) is 6.10 Å². The van der Waals surface area contributed by atoms with E-state index < -0.39 is 54.2 Å². The van der Waals surface area contributed by atoms with Gasteiger partial charge in [-0.1, -0.05) is 6.07 Å². The number of aliphatic carboxylic acids is 1. The Morgan fingerprint density at radius 3 is 2.08 bits per heavy atom. The van der Waals surface area contributed by atoms with Gasteiger partial charge in [-0.15, -0.1) is 0 Å². The fourth-order valence-electron chi connectivity index (χ4n) is 4.28. The predicted octanol–water partition coefficient (Wildman–Crippen LogP) is 3.98. The van der Waals surface area contributed by atoms with Gasteiger partial charge >= 0.3 is 30.6 Å². The van der Waals surface area contributed by atoms with Crippen LogP contribution in [-0.2, 0) is 22.3 Å². The van der Waals surface area contributed by atoms with Crippen LogP contribution in [0.1, 0.15) is 29.0 Å². The molecule has 208 valence electrons. The summed E-state index contributed by atoms with van der Waals surface area (Å²) < 4.78 is 119. The quantitative estimate of drug-likeness (QED) is 0.539. The third kappa shape index (κ3) is 7.18. The first kappa shape index (κ1) is 28.8. The zero-order valence-corrected chi connectivity index (χ0v) is 18.9. The van der Waals surface area contributed by atoms with Gasteiger partial charge in [-0.05, 0) is 35.6 Å². The van der Waals surface area contributed by atoms with Gasteiger partial charge in [-0.3, -0.25) is 9.69 Å². The Bertz CT molecular complexity index is 975. The highest BCUT2D eigenvalue weighted by molar-refractivity contribution is 5.74. The molecule has 2 aliphatic rings. The molecule has 7 nitrogen and oxygen atoms in total. The minimum Gasteiger partial charge on any atom is -0.480 e. The number of carboxylic acids is 1. The number of hydrogen-bond donors (Lipinski definition) is 2. The molecule has 1 amide bonds. The van der Waals surface area contributed by atoms with Crippen LogP contribution in [0, 0.1) is 0 Å². The summed E-state index contributed by atoms with van der Waals surface area (Å²) in [6, 6.07) is 2.15. The van der Waals surface area contributed by atoms with Gasteiger partial charge < -0.3 is 20.1 Å². The second-order valence-corrected chi connectivity index (χ2v) is 8.75.